The van der Waals surface area contributed by atoms with E-state index in [0.29, 0.717) is 6.61 Å². The van der Waals surface area contributed by atoms with Crippen molar-refractivity contribution < 1.29 is 5.11 Å². The van der Waals surface area contributed by atoms with Crippen LogP contribution in [0, 0.1) is 0 Å². The Balaban J connectivity index is 1.85. The molecule has 2 nitrogen and oxygen atoms in total. The number of aromatic nitrogens is 1. The van der Waals surface area contributed by atoms with Gasteiger partial charge in [-0.25, -0.2) is 0 Å². The lowest BCUT2D eigenvalue weighted by Crippen LogP contribution is -1.89. The zero-order valence-electron chi connectivity index (χ0n) is 10.8. The van der Waals surface area contributed by atoms with Gasteiger partial charge in [0.2, 0.25) is 0 Å². The molecule has 1 heterocycles. The van der Waals surface area contributed by atoms with Gasteiger partial charge in [-0.15, -0.1) is 0 Å². The molecule has 0 amide bonds. The van der Waals surface area contributed by atoms with E-state index in [0.717, 1.165) is 12.8 Å². The van der Waals surface area contributed by atoms with Crippen molar-refractivity contribution in [2.24, 2.45) is 0 Å². The number of unbranched alkanes of at least 4 members (excludes halogenated alkanes) is 7. The molecule has 1 rings (SSSR count). The number of nitrogens with zero attached hydrogens (tertiary/aromatic N) is 1. The van der Waals surface area contributed by atoms with E-state index in [4.69, 9.17) is 5.11 Å². The van der Waals surface area contributed by atoms with Gasteiger partial charge in [0.05, 0.1) is 0 Å². The first-order valence-electron chi connectivity index (χ1n) is 6.94. The largest absolute Gasteiger partial charge is 0.396 e. The van der Waals surface area contributed by atoms with Gasteiger partial charge >= 0.3 is 0 Å². The summed E-state index contributed by atoms with van der Waals surface area (Å²) in [5.74, 6) is 0. The number of hydrogen-bond donors (Lipinski definition) is 1. The average Bonchev–Trinajstić information content (AvgIpc) is 2.38. The molecule has 0 radical (unpaired) electrons. The van der Waals surface area contributed by atoms with Crippen LogP contribution in [0.3, 0.4) is 0 Å². The van der Waals surface area contributed by atoms with Crippen LogP contribution < -0.4 is 0 Å². The third kappa shape index (κ3) is 7.92. The fraction of sp³-hybridized carbons (Fsp3) is 0.667. The first-order chi connectivity index (χ1) is 8.43. The van der Waals surface area contributed by atoms with E-state index in [2.05, 4.69) is 17.1 Å². The lowest BCUT2D eigenvalue weighted by atomic mass is 10.1. The maximum Gasteiger partial charge on any atom is 0.0431 e. The van der Waals surface area contributed by atoms with Crippen LogP contribution in [0.2, 0.25) is 0 Å². The van der Waals surface area contributed by atoms with E-state index in [9.17, 15) is 0 Å². The second kappa shape index (κ2) is 10.3. The molecule has 0 bridgehead atoms. The molecule has 0 aliphatic rings. The summed E-state index contributed by atoms with van der Waals surface area (Å²) >= 11 is 0. The van der Waals surface area contributed by atoms with Crippen molar-refractivity contribution >= 4 is 0 Å². The van der Waals surface area contributed by atoms with Gasteiger partial charge in [0, 0.05) is 18.5 Å². The number of aryl methyl sites for hydroxylation is 1. The van der Waals surface area contributed by atoms with Gasteiger partial charge in [0.15, 0.2) is 0 Å². The Morgan fingerprint density at radius 3 is 2.06 bits per heavy atom. The van der Waals surface area contributed by atoms with Crippen LogP contribution in [0.25, 0.3) is 0 Å². The molecule has 17 heavy (non-hydrogen) atoms. The third-order valence-electron chi connectivity index (χ3n) is 3.07. The number of aliphatic hydroxyl groups excluding tert-OH is 1. The smallest absolute Gasteiger partial charge is 0.0431 e. The predicted molar refractivity (Wildman–Crippen MR) is 72.0 cm³/mol. The molecule has 0 spiro atoms. The Morgan fingerprint density at radius 2 is 1.47 bits per heavy atom. The van der Waals surface area contributed by atoms with Crippen LogP contribution in [0.5, 0.6) is 0 Å². The van der Waals surface area contributed by atoms with Crippen molar-refractivity contribution in [3.05, 3.63) is 30.1 Å². The highest BCUT2D eigenvalue weighted by atomic mass is 16.2. The molecule has 0 saturated heterocycles. The van der Waals surface area contributed by atoms with Crippen LogP contribution in [0.4, 0.5) is 0 Å². The molecular weight excluding hydrogens is 210 g/mol. The minimum atomic E-state index is 0.351. The quantitative estimate of drug-likeness (QED) is 0.627. The van der Waals surface area contributed by atoms with Crippen molar-refractivity contribution in [2.75, 3.05) is 6.61 Å². The molecule has 1 N–H and O–H groups in total. The zero-order valence-corrected chi connectivity index (χ0v) is 10.8. The molecule has 0 atom stereocenters. The van der Waals surface area contributed by atoms with E-state index < -0.39 is 0 Å². The van der Waals surface area contributed by atoms with Crippen LogP contribution in [-0.4, -0.2) is 16.7 Å². The molecule has 96 valence electrons. The van der Waals surface area contributed by atoms with Crippen LogP contribution in [0.15, 0.2) is 24.4 Å². The molecule has 1 aromatic rings. The molecule has 2 heteroatoms. The molecule has 0 unspecified atom stereocenters. The highest BCUT2D eigenvalue weighted by Crippen LogP contribution is 2.10. The van der Waals surface area contributed by atoms with Gasteiger partial charge in [0.1, 0.15) is 0 Å². The van der Waals surface area contributed by atoms with Crippen LogP contribution in [0.1, 0.15) is 57.1 Å². The van der Waals surface area contributed by atoms with Crippen molar-refractivity contribution in [2.45, 2.75) is 57.8 Å². The second-order valence-electron chi connectivity index (χ2n) is 4.62. The van der Waals surface area contributed by atoms with Crippen LogP contribution in [-0.2, 0) is 6.42 Å². The molecule has 0 saturated carbocycles. The Hall–Kier alpha value is -0.890. The average molecular weight is 235 g/mol. The van der Waals surface area contributed by atoms with Gasteiger partial charge < -0.3 is 5.11 Å². The van der Waals surface area contributed by atoms with E-state index in [1.54, 1.807) is 0 Å². The Morgan fingerprint density at radius 1 is 0.824 bits per heavy atom. The van der Waals surface area contributed by atoms with Crippen molar-refractivity contribution in [3.8, 4) is 0 Å². The Bertz CT molecular complexity index is 261. The third-order valence-corrected chi connectivity index (χ3v) is 3.07. The minimum Gasteiger partial charge on any atom is -0.396 e. The summed E-state index contributed by atoms with van der Waals surface area (Å²) < 4.78 is 0. The Labute approximate surface area is 105 Å². The normalized spacial score (nSPS) is 10.6. The van der Waals surface area contributed by atoms with Crippen molar-refractivity contribution in [1.82, 2.24) is 4.98 Å². The van der Waals surface area contributed by atoms with Crippen LogP contribution >= 0.6 is 0 Å². The number of aliphatic hydroxyl groups is 1. The number of pyridine rings is 1. The number of hydrogen-bond acceptors (Lipinski definition) is 2. The topological polar surface area (TPSA) is 33.1 Å². The molecule has 0 aliphatic carbocycles. The van der Waals surface area contributed by atoms with Crippen molar-refractivity contribution in [3.63, 3.8) is 0 Å². The summed E-state index contributed by atoms with van der Waals surface area (Å²) in [4.78, 5) is 4.32. The highest BCUT2D eigenvalue weighted by molar-refractivity contribution is 5.03. The van der Waals surface area contributed by atoms with E-state index in [1.165, 1.54) is 50.6 Å². The lowest BCUT2D eigenvalue weighted by Gasteiger charge is -2.02. The van der Waals surface area contributed by atoms with E-state index in [1.807, 2.05) is 12.3 Å². The monoisotopic (exact) mass is 235 g/mol. The van der Waals surface area contributed by atoms with Gasteiger partial charge in [-0.05, 0) is 31.4 Å². The first-order valence-corrected chi connectivity index (χ1v) is 6.94. The summed E-state index contributed by atoms with van der Waals surface area (Å²) in [7, 11) is 0. The molecule has 0 fully saturated rings. The molecular formula is C15H25NO. The molecule has 0 aliphatic heterocycles. The van der Waals surface area contributed by atoms with Crippen molar-refractivity contribution in [1.29, 1.82) is 0 Å². The van der Waals surface area contributed by atoms with E-state index >= 15 is 0 Å². The second-order valence-corrected chi connectivity index (χ2v) is 4.62. The number of rotatable bonds is 10. The van der Waals surface area contributed by atoms with Gasteiger partial charge in [-0.1, -0.05) is 44.6 Å². The summed E-state index contributed by atoms with van der Waals surface area (Å²) in [6.45, 7) is 0.351. The predicted octanol–water partition coefficient (Wildman–Crippen LogP) is 3.74. The van der Waals surface area contributed by atoms with E-state index in [-0.39, 0.29) is 0 Å². The Kier molecular flexibility index (Phi) is 8.57. The maximum absolute atomic E-state index is 8.64. The molecule has 1 aromatic heterocycles. The summed E-state index contributed by atoms with van der Waals surface area (Å²) in [5, 5.41) is 8.64. The summed E-state index contributed by atoms with van der Waals surface area (Å²) in [6.07, 6.45) is 13.0. The standard InChI is InChI=1S/C15H25NO/c17-14-10-6-4-2-1-3-5-7-11-15-12-8-9-13-16-15/h8-9,12-13,17H,1-7,10-11,14H2. The minimum absolute atomic E-state index is 0.351. The first kappa shape index (κ1) is 14.2. The highest BCUT2D eigenvalue weighted by Gasteiger charge is 1.94. The molecule has 0 aromatic carbocycles. The maximum atomic E-state index is 8.64. The summed E-state index contributed by atoms with van der Waals surface area (Å²) in [5.41, 5.74) is 1.22. The lowest BCUT2D eigenvalue weighted by molar-refractivity contribution is 0.282. The van der Waals surface area contributed by atoms with Gasteiger partial charge in [-0.3, -0.25) is 4.98 Å². The zero-order chi connectivity index (χ0) is 12.2. The van der Waals surface area contributed by atoms with Gasteiger partial charge in [0.25, 0.3) is 0 Å². The fourth-order valence-corrected chi connectivity index (χ4v) is 2.02. The van der Waals surface area contributed by atoms with Gasteiger partial charge in [-0.2, -0.15) is 0 Å². The summed E-state index contributed by atoms with van der Waals surface area (Å²) in [6, 6.07) is 6.13. The SMILES string of the molecule is OCCCCCCCCCCc1ccccn1. The fourth-order valence-electron chi connectivity index (χ4n) is 2.02.